The second-order valence-electron chi connectivity index (χ2n) is 10.8. The van der Waals surface area contributed by atoms with Gasteiger partial charge < -0.3 is 14.6 Å². The molecule has 0 radical (unpaired) electrons. The number of rotatable bonds is 6. The van der Waals surface area contributed by atoms with Crippen molar-refractivity contribution in [2.45, 2.75) is 65.6 Å². The number of hydrogen-bond acceptors (Lipinski definition) is 5. The molecule has 3 aromatic carbocycles. The first-order chi connectivity index (χ1) is 16.4. The number of aromatic hydroxyl groups is 1. The largest absolute Gasteiger partial charge is 0.507 e. The Morgan fingerprint density at radius 2 is 1.09 bits per heavy atom. The second-order valence-corrected chi connectivity index (χ2v) is 10.8. The fraction of sp³-hybridized carbons (Fsp3) is 0.333. The molecular formula is C30H34O5. The van der Waals surface area contributed by atoms with Crippen molar-refractivity contribution in [3.8, 4) is 5.75 Å². The number of esters is 2. The average Bonchev–Trinajstić information content (AvgIpc) is 2.80. The maximum atomic E-state index is 12.9. The molecule has 0 saturated heterocycles. The lowest BCUT2D eigenvalue weighted by molar-refractivity contribution is 0.0459. The van der Waals surface area contributed by atoms with Crippen LogP contribution < -0.4 is 0 Å². The van der Waals surface area contributed by atoms with Gasteiger partial charge in [0.05, 0.1) is 11.1 Å². The van der Waals surface area contributed by atoms with E-state index in [0.29, 0.717) is 22.3 Å². The standard InChI is InChI=1S/C30H34O5/c1-29(2,3)24-16-23(17-25(26(24)31)30(4,5)6)28(33)35-19-21-12-14-22(15-13-21)27(32)34-18-20-10-8-7-9-11-20/h7-17,31H,18-19H2,1-6H3. The molecule has 35 heavy (non-hydrogen) atoms. The van der Waals surface area contributed by atoms with Crippen LogP contribution >= 0.6 is 0 Å². The fourth-order valence-corrected chi connectivity index (χ4v) is 3.67. The van der Waals surface area contributed by atoms with Gasteiger partial charge >= 0.3 is 11.9 Å². The molecule has 0 atom stereocenters. The predicted octanol–water partition coefficient (Wildman–Crippen LogP) is 6.70. The molecule has 3 aromatic rings. The first-order valence-corrected chi connectivity index (χ1v) is 11.7. The van der Waals surface area contributed by atoms with Gasteiger partial charge in [-0.15, -0.1) is 0 Å². The van der Waals surface area contributed by atoms with Gasteiger partial charge in [0.25, 0.3) is 0 Å². The van der Waals surface area contributed by atoms with Crippen LogP contribution in [-0.2, 0) is 33.5 Å². The van der Waals surface area contributed by atoms with E-state index in [1.807, 2.05) is 71.9 Å². The van der Waals surface area contributed by atoms with E-state index in [1.165, 1.54) is 0 Å². The lowest BCUT2D eigenvalue weighted by Crippen LogP contribution is -2.19. The summed E-state index contributed by atoms with van der Waals surface area (Å²) in [7, 11) is 0. The molecule has 0 amide bonds. The van der Waals surface area contributed by atoms with E-state index in [9.17, 15) is 14.7 Å². The molecule has 1 N–H and O–H groups in total. The maximum Gasteiger partial charge on any atom is 0.338 e. The molecule has 0 aliphatic carbocycles. The summed E-state index contributed by atoms with van der Waals surface area (Å²) in [6, 6.07) is 19.7. The zero-order valence-electron chi connectivity index (χ0n) is 21.3. The number of phenolic OH excluding ortho intramolecular Hbond substituents is 1. The van der Waals surface area contributed by atoms with Crippen LogP contribution in [0, 0.1) is 0 Å². The molecule has 0 saturated carbocycles. The van der Waals surface area contributed by atoms with Crippen LogP contribution in [0.15, 0.2) is 66.7 Å². The number of ether oxygens (including phenoxy) is 2. The lowest BCUT2D eigenvalue weighted by atomic mass is 9.78. The minimum atomic E-state index is -0.465. The SMILES string of the molecule is CC(C)(C)c1cc(C(=O)OCc2ccc(C(=O)OCc3ccccc3)cc2)cc(C(C)(C)C)c1O. The summed E-state index contributed by atoms with van der Waals surface area (Å²) in [5, 5.41) is 10.9. The van der Waals surface area contributed by atoms with Crippen molar-refractivity contribution >= 4 is 11.9 Å². The summed E-state index contributed by atoms with van der Waals surface area (Å²) in [6.07, 6.45) is 0. The van der Waals surface area contributed by atoms with Crippen molar-refractivity contribution in [3.63, 3.8) is 0 Å². The van der Waals surface area contributed by atoms with Crippen molar-refractivity contribution in [1.29, 1.82) is 0 Å². The molecule has 184 valence electrons. The lowest BCUT2D eigenvalue weighted by Gasteiger charge is -2.28. The Morgan fingerprint density at radius 3 is 1.54 bits per heavy atom. The summed E-state index contributed by atoms with van der Waals surface area (Å²) in [5.74, 6) is -0.658. The first kappa shape index (κ1) is 26.0. The maximum absolute atomic E-state index is 12.9. The Morgan fingerprint density at radius 1 is 0.657 bits per heavy atom. The van der Waals surface area contributed by atoms with Crippen molar-refractivity contribution in [2.75, 3.05) is 0 Å². The highest BCUT2D eigenvalue weighted by Crippen LogP contribution is 2.39. The third-order valence-corrected chi connectivity index (χ3v) is 5.73. The van der Waals surface area contributed by atoms with Crippen molar-refractivity contribution in [1.82, 2.24) is 0 Å². The highest BCUT2D eigenvalue weighted by Gasteiger charge is 2.28. The Labute approximate surface area is 207 Å². The van der Waals surface area contributed by atoms with Gasteiger partial charge in [-0.05, 0) is 46.2 Å². The molecule has 0 fully saturated rings. The summed E-state index contributed by atoms with van der Waals surface area (Å²) in [4.78, 5) is 25.2. The Hall–Kier alpha value is -3.60. The quantitative estimate of drug-likeness (QED) is 0.402. The van der Waals surface area contributed by atoms with Crippen LogP contribution in [0.3, 0.4) is 0 Å². The van der Waals surface area contributed by atoms with Gasteiger partial charge in [0.15, 0.2) is 0 Å². The monoisotopic (exact) mass is 474 g/mol. The summed E-state index contributed by atoms with van der Waals surface area (Å²) in [5.41, 5.74) is 3.23. The van der Waals surface area contributed by atoms with Crippen molar-refractivity contribution < 1.29 is 24.2 Å². The van der Waals surface area contributed by atoms with Gasteiger partial charge in [-0.3, -0.25) is 0 Å². The molecule has 0 aliphatic heterocycles. The molecule has 0 spiro atoms. The second kappa shape index (κ2) is 10.3. The number of hydrogen-bond donors (Lipinski definition) is 1. The smallest absolute Gasteiger partial charge is 0.338 e. The van der Waals surface area contributed by atoms with Crippen LogP contribution in [-0.4, -0.2) is 17.0 Å². The number of carbonyl (C=O) groups is 2. The third kappa shape index (κ3) is 6.72. The van der Waals surface area contributed by atoms with Gasteiger partial charge in [-0.1, -0.05) is 84.0 Å². The molecule has 0 bridgehead atoms. The predicted molar refractivity (Wildman–Crippen MR) is 137 cm³/mol. The summed E-state index contributed by atoms with van der Waals surface area (Å²) in [6.45, 7) is 12.2. The van der Waals surface area contributed by atoms with Crippen molar-refractivity contribution in [3.05, 3.63) is 100 Å². The van der Waals surface area contributed by atoms with E-state index in [-0.39, 0.29) is 29.8 Å². The van der Waals surface area contributed by atoms with E-state index < -0.39 is 11.9 Å². The highest BCUT2D eigenvalue weighted by atomic mass is 16.5. The summed E-state index contributed by atoms with van der Waals surface area (Å²) < 4.78 is 10.9. The Balaban J connectivity index is 1.68. The van der Waals surface area contributed by atoms with Gasteiger partial charge in [0, 0.05) is 11.1 Å². The van der Waals surface area contributed by atoms with Gasteiger partial charge in [-0.2, -0.15) is 0 Å². The molecule has 0 aromatic heterocycles. The molecule has 0 aliphatic rings. The van der Waals surface area contributed by atoms with Crippen LogP contribution in [0.25, 0.3) is 0 Å². The summed E-state index contributed by atoms with van der Waals surface area (Å²) >= 11 is 0. The molecule has 0 unspecified atom stereocenters. The first-order valence-electron chi connectivity index (χ1n) is 11.7. The minimum Gasteiger partial charge on any atom is -0.507 e. The van der Waals surface area contributed by atoms with E-state index in [4.69, 9.17) is 9.47 Å². The number of phenols is 1. The number of benzene rings is 3. The Kier molecular flexibility index (Phi) is 7.69. The average molecular weight is 475 g/mol. The topological polar surface area (TPSA) is 72.8 Å². The third-order valence-electron chi connectivity index (χ3n) is 5.73. The van der Waals surface area contributed by atoms with E-state index in [2.05, 4.69) is 0 Å². The van der Waals surface area contributed by atoms with Crippen molar-refractivity contribution in [2.24, 2.45) is 0 Å². The minimum absolute atomic E-state index is 0.0642. The van der Waals surface area contributed by atoms with Crippen LogP contribution in [0.5, 0.6) is 5.75 Å². The van der Waals surface area contributed by atoms with E-state index in [0.717, 1.165) is 11.1 Å². The normalized spacial score (nSPS) is 11.7. The molecule has 3 rings (SSSR count). The van der Waals surface area contributed by atoms with E-state index in [1.54, 1.807) is 36.4 Å². The molecule has 5 nitrogen and oxygen atoms in total. The van der Waals surface area contributed by atoms with Crippen LogP contribution in [0.2, 0.25) is 0 Å². The van der Waals surface area contributed by atoms with Crippen LogP contribution in [0.4, 0.5) is 0 Å². The zero-order chi connectivity index (χ0) is 25.8. The van der Waals surface area contributed by atoms with Gasteiger partial charge in [0.1, 0.15) is 19.0 Å². The van der Waals surface area contributed by atoms with Crippen LogP contribution in [0.1, 0.15) is 84.5 Å². The zero-order valence-corrected chi connectivity index (χ0v) is 21.3. The molecular weight excluding hydrogens is 440 g/mol. The molecule has 5 heteroatoms. The number of carbonyl (C=O) groups excluding carboxylic acids is 2. The van der Waals surface area contributed by atoms with Gasteiger partial charge in [0.2, 0.25) is 0 Å². The fourth-order valence-electron chi connectivity index (χ4n) is 3.67. The van der Waals surface area contributed by atoms with Gasteiger partial charge in [-0.25, -0.2) is 9.59 Å². The Bertz CT molecular complexity index is 1150. The van der Waals surface area contributed by atoms with E-state index >= 15 is 0 Å². The highest BCUT2D eigenvalue weighted by molar-refractivity contribution is 5.91. The molecule has 0 heterocycles.